The highest BCUT2D eigenvalue weighted by molar-refractivity contribution is 6.02. The molecule has 0 aromatic heterocycles. The third-order valence-electron chi connectivity index (χ3n) is 12.5. The van der Waals surface area contributed by atoms with Crippen LogP contribution in [0, 0.1) is 0 Å². The third-order valence-corrected chi connectivity index (χ3v) is 12.5. The molecule has 11 rings (SSSR count). The number of benzene rings is 3. The van der Waals surface area contributed by atoms with Crippen LogP contribution in [0.4, 0.5) is 26.7 Å². The van der Waals surface area contributed by atoms with Crippen molar-refractivity contribution in [2.75, 3.05) is 44.6 Å². The molecule has 2 unspecified atom stereocenters. The van der Waals surface area contributed by atoms with Crippen molar-refractivity contribution in [1.29, 1.82) is 0 Å². The Morgan fingerprint density at radius 3 is 1.55 bits per heavy atom. The van der Waals surface area contributed by atoms with Gasteiger partial charge in [0.2, 0.25) is 0 Å². The van der Waals surface area contributed by atoms with Gasteiger partial charge in [0.15, 0.2) is 17.1 Å². The number of rotatable bonds is 7. The Kier molecular flexibility index (Phi) is 8.30. The van der Waals surface area contributed by atoms with Crippen LogP contribution in [-0.2, 0) is 32.2 Å². The maximum absolute atomic E-state index is 15.9. The first kappa shape index (κ1) is 34.0. The fraction of sp³-hybridized carbons (Fsp3) is 0.450. The lowest BCUT2D eigenvalue weighted by atomic mass is 9.85. The van der Waals surface area contributed by atoms with Crippen molar-refractivity contribution < 1.29 is 38.9 Å². The topological polar surface area (TPSA) is 143 Å². The van der Waals surface area contributed by atoms with E-state index in [-0.39, 0.29) is 49.8 Å². The zero-order valence-electron chi connectivity index (χ0n) is 29.6. The number of fused-ring (bicyclic) bond motifs is 6. The molecule has 0 aliphatic carbocycles. The van der Waals surface area contributed by atoms with Gasteiger partial charge in [-0.15, -0.1) is 0 Å². The van der Waals surface area contributed by atoms with Crippen LogP contribution >= 0.6 is 0 Å². The molecular weight excluding hydrogens is 678 g/mol. The van der Waals surface area contributed by atoms with Crippen LogP contribution in [-0.4, -0.2) is 85.4 Å². The fourth-order valence-electron chi connectivity index (χ4n) is 10.0. The van der Waals surface area contributed by atoms with Crippen molar-refractivity contribution in [2.45, 2.75) is 75.5 Å². The molecule has 4 amide bonds. The zero-order chi connectivity index (χ0) is 36.5. The number of hydrogen-bond donors (Lipinski definition) is 0. The van der Waals surface area contributed by atoms with Gasteiger partial charge in [0, 0.05) is 73.5 Å². The molecule has 276 valence electrons. The molecule has 0 radical (unpaired) electrons. The van der Waals surface area contributed by atoms with E-state index in [1.54, 1.807) is 0 Å². The molecule has 3 aromatic rings. The van der Waals surface area contributed by atoms with Crippen molar-refractivity contribution in [2.24, 2.45) is 0 Å². The molecule has 8 aliphatic heterocycles. The van der Waals surface area contributed by atoms with E-state index in [2.05, 4.69) is 6.07 Å². The second-order valence-electron chi connectivity index (χ2n) is 15.3. The van der Waals surface area contributed by atoms with Crippen LogP contribution in [0.3, 0.4) is 0 Å². The molecule has 4 fully saturated rings. The van der Waals surface area contributed by atoms with Crippen molar-refractivity contribution in [3.63, 3.8) is 0 Å². The number of carbonyl (C=O) groups is 4. The van der Waals surface area contributed by atoms with Gasteiger partial charge < -0.3 is 39.1 Å². The molecule has 6 atom stereocenters. The van der Waals surface area contributed by atoms with Crippen molar-refractivity contribution in [3.05, 3.63) is 89.0 Å². The molecule has 8 aliphatic rings. The number of quaternary nitrogens is 2. The lowest BCUT2D eigenvalue weighted by Gasteiger charge is -2.54. The summed E-state index contributed by atoms with van der Waals surface area (Å²) in [6, 6.07) is 19.4. The second-order valence-corrected chi connectivity index (χ2v) is 15.3. The Labute approximate surface area is 307 Å². The van der Waals surface area contributed by atoms with Gasteiger partial charge >= 0.3 is 11.8 Å². The fourth-order valence-corrected chi connectivity index (χ4v) is 10.0. The van der Waals surface area contributed by atoms with E-state index in [0.717, 1.165) is 44.9 Å². The van der Waals surface area contributed by atoms with Gasteiger partial charge in [0.1, 0.15) is 37.4 Å². The molecule has 3 aromatic carbocycles. The molecule has 53 heavy (non-hydrogen) atoms. The highest BCUT2D eigenvalue weighted by Crippen LogP contribution is 2.51. The predicted molar refractivity (Wildman–Crippen MR) is 189 cm³/mol. The van der Waals surface area contributed by atoms with E-state index in [4.69, 9.17) is 9.47 Å². The maximum Gasteiger partial charge on any atom is 0.370 e. The molecule has 13 nitrogen and oxygen atoms in total. The number of ether oxygens (including phenoxy) is 2. The lowest BCUT2D eigenvalue weighted by Crippen LogP contribution is -2.83. The number of likely N-dealkylation sites (tertiary alicyclic amines) is 2. The van der Waals surface area contributed by atoms with Crippen LogP contribution in [0.2, 0.25) is 0 Å². The van der Waals surface area contributed by atoms with Crippen molar-refractivity contribution in [3.8, 4) is 0 Å². The zero-order valence-corrected chi connectivity index (χ0v) is 29.6. The maximum atomic E-state index is 15.9. The van der Waals surface area contributed by atoms with Crippen molar-refractivity contribution in [1.82, 2.24) is 19.0 Å². The Balaban J connectivity index is 1.37. The van der Waals surface area contributed by atoms with E-state index in [1.807, 2.05) is 65.8 Å². The Morgan fingerprint density at radius 1 is 0.642 bits per heavy atom. The molecule has 4 bridgehead atoms. The first-order valence-corrected chi connectivity index (χ1v) is 18.8. The molecule has 8 heterocycles. The normalized spacial score (nSPS) is 30.0. The number of amides is 4. The number of carboxylic acid groups (broad SMARTS) is 2. The van der Waals surface area contributed by atoms with Gasteiger partial charge in [-0.3, -0.25) is 0 Å². The lowest BCUT2D eigenvalue weighted by molar-refractivity contribution is -0.267. The number of hydrogen-bond acceptors (Lipinski definition) is 9. The van der Waals surface area contributed by atoms with Gasteiger partial charge in [-0.25, -0.2) is 9.59 Å². The van der Waals surface area contributed by atoms with Gasteiger partial charge in [-0.1, -0.05) is 21.3 Å². The summed E-state index contributed by atoms with van der Waals surface area (Å²) in [6.45, 7) is 2.77. The highest BCUT2D eigenvalue weighted by Gasteiger charge is 2.66. The number of carbonyl (C=O) groups excluding carboxylic acids is 4. The average Bonchev–Trinajstić information content (AvgIpc) is 4.03. The van der Waals surface area contributed by atoms with E-state index in [0.29, 0.717) is 69.2 Å². The van der Waals surface area contributed by atoms with Gasteiger partial charge in [0.05, 0.1) is 13.2 Å². The van der Waals surface area contributed by atoms with Crippen LogP contribution in [0.5, 0.6) is 0 Å². The number of anilines is 1. The quantitative estimate of drug-likeness (QED) is 0.337. The van der Waals surface area contributed by atoms with E-state index in [9.17, 15) is 19.8 Å². The molecule has 0 spiro atoms. The summed E-state index contributed by atoms with van der Waals surface area (Å²) in [7, 11) is 0. The molecule has 13 heteroatoms. The Bertz CT molecular complexity index is 1860. The van der Waals surface area contributed by atoms with Crippen LogP contribution in [0.25, 0.3) is 0 Å². The summed E-state index contributed by atoms with van der Waals surface area (Å²) < 4.78 is 11.0. The Morgan fingerprint density at radius 2 is 1.13 bits per heavy atom. The minimum Gasteiger partial charge on any atom is -0.530 e. The summed E-state index contributed by atoms with van der Waals surface area (Å²) in [5.41, 5.74) is 5.57. The molecule has 4 saturated heterocycles. The first-order valence-electron chi connectivity index (χ1n) is 18.8. The summed E-state index contributed by atoms with van der Waals surface area (Å²) in [5, 5.41) is 27.1. The largest absolute Gasteiger partial charge is 0.530 e. The predicted octanol–water partition coefficient (Wildman–Crippen LogP) is 3.04. The summed E-state index contributed by atoms with van der Waals surface area (Å²) >= 11 is 0. The SMILES string of the molecule is O=C([O-])N1CCC[C@H]1C(=O)[N+]1(N(c2cccc([C@@H]3CCOC3)c2[C@@H]2CCOC2)[N+]2(C(=O)[C@@H]3CCCN3C(=O)[O-])Cc3ccc2cc3)Cc2ccc1cc2. The molecule has 0 N–H and O–H groups in total. The highest BCUT2D eigenvalue weighted by atomic mass is 16.5. The first-order chi connectivity index (χ1) is 25.7. The van der Waals surface area contributed by atoms with Crippen LogP contribution in [0.15, 0.2) is 66.7 Å². The Hall–Kier alpha value is -4.82. The number of nitrogens with zero attached hydrogens (tertiary/aromatic N) is 5. The third kappa shape index (κ3) is 5.12. The van der Waals surface area contributed by atoms with Gasteiger partial charge in [0.25, 0.3) is 0 Å². The standard InChI is InChI=1S/C40H43N5O8/c46-37(34-6-2-18-41(34)39(48)49)44(22-26-8-12-30(44)13-9-26)43(33-5-1-4-32(28-16-20-52-24-28)36(33)29-17-21-53-25-29)45(23-27-10-14-31(45)15-11-27)38(47)35-7-3-19-42(35)40(50)51/h1,4-5,8-15,28-29,34-35H,2-3,6-7,16-25H2/t28-,29-,34+,35+,44?,45?/m1/s1. The van der Waals surface area contributed by atoms with Crippen LogP contribution < -0.4 is 24.5 Å². The average molecular weight is 722 g/mol. The van der Waals surface area contributed by atoms with E-state index < -0.39 is 33.5 Å². The molecular formula is C40H43N5O8. The summed E-state index contributed by atoms with van der Waals surface area (Å²) in [6.07, 6.45) is 0.327. The summed E-state index contributed by atoms with van der Waals surface area (Å²) in [4.78, 5) is 59.2. The van der Waals surface area contributed by atoms with Crippen LogP contribution in [0.1, 0.15) is 72.6 Å². The van der Waals surface area contributed by atoms with E-state index in [1.165, 1.54) is 0 Å². The van der Waals surface area contributed by atoms with E-state index >= 15 is 9.59 Å². The minimum absolute atomic E-state index is 0.0663. The van der Waals surface area contributed by atoms with Crippen molar-refractivity contribution >= 4 is 41.1 Å². The second kappa shape index (κ2) is 12.9. The molecule has 0 saturated carbocycles. The monoisotopic (exact) mass is 721 g/mol. The smallest absolute Gasteiger partial charge is 0.370 e. The summed E-state index contributed by atoms with van der Waals surface area (Å²) in [5.74, 6) is -0.760. The minimum atomic E-state index is -1.41. The van der Waals surface area contributed by atoms with Gasteiger partial charge in [-0.2, -0.15) is 0 Å². The van der Waals surface area contributed by atoms with Gasteiger partial charge in [-0.05, 0) is 85.1 Å².